The van der Waals surface area contributed by atoms with Crippen molar-refractivity contribution in [1.29, 1.82) is 0 Å². The van der Waals surface area contributed by atoms with Crippen LogP contribution in [0.2, 0.25) is 0 Å². The van der Waals surface area contributed by atoms with E-state index in [-0.39, 0.29) is 12.0 Å². The first-order chi connectivity index (χ1) is 17.0. The zero-order valence-corrected chi connectivity index (χ0v) is 20.2. The number of aromatic nitrogens is 4. The van der Waals surface area contributed by atoms with Gasteiger partial charge in [-0.25, -0.2) is 9.97 Å². The van der Waals surface area contributed by atoms with Gasteiger partial charge in [0.05, 0.1) is 12.3 Å². The summed E-state index contributed by atoms with van der Waals surface area (Å²) >= 11 is 0. The first-order valence-corrected chi connectivity index (χ1v) is 11.3. The normalized spacial score (nSPS) is 11.7. The third kappa shape index (κ3) is 5.82. The molecular formula is C26H29N7O2. The molecule has 2 aromatic carbocycles. The number of carbonyl (C=O) groups excluding carboxylic acids is 1. The van der Waals surface area contributed by atoms with E-state index in [0.717, 1.165) is 29.1 Å². The maximum absolute atomic E-state index is 12.9. The number of nitrogens with one attached hydrogen (secondary N) is 3. The average Bonchev–Trinajstić information content (AvgIpc) is 3.34. The molecule has 0 aliphatic heterocycles. The summed E-state index contributed by atoms with van der Waals surface area (Å²) in [5.74, 6) is 1.88. The molecule has 0 fully saturated rings. The second-order valence-electron chi connectivity index (χ2n) is 8.20. The molecule has 9 heteroatoms. The summed E-state index contributed by atoms with van der Waals surface area (Å²) in [4.78, 5) is 21.4. The van der Waals surface area contributed by atoms with E-state index >= 15 is 0 Å². The molecule has 0 radical (unpaired) electrons. The molecule has 4 aromatic rings. The van der Waals surface area contributed by atoms with Crippen molar-refractivity contribution >= 4 is 28.9 Å². The Labute approximate surface area is 204 Å². The van der Waals surface area contributed by atoms with Gasteiger partial charge in [-0.1, -0.05) is 18.2 Å². The van der Waals surface area contributed by atoms with Crippen LogP contribution in [-0.2, 0) is 11.2 Å². The minimum Gasteiger partial charge on any atom is -0.381 e. The van der Waals surface area contributed by atoms with Crippen LogP contribution >= 0.6 is 0 Å². The van der Waals surface area contributed by atoms with Crippen LogP contribution in [0.15, 0.2) is 67.1 Å². The van der Waals surface area contributed by atoms with Crippen molar-refractivity contribution in [2.24, 2.45) is 0 Å². The quantitative estimate of drug-likeness (QED) is 0.328. The zero-order chi connectivity index (χ0) is 24.8. The fraction of sp³-hybridized carbons (Fsp3) is 0.231. The highest BCUT2D eigenvalue weighted by Gasteiger charge is 2.12. The van der Waals surface area contributed by atoms with Crippen molar-refractivity contribution in [3.05, 3.63) is 83.8 Å². The molecule has 35 heavy (non-hydrogen) atoms. The van der Waals surface area contributed by atoms with Gasteiger partial charge >= 0.3 is 0 Å². The van der Waals surface area contributed by atoms with E-state index < -0.39 is 0 Å². The summed E-state index contributed by atoms with van der Waals surface area (Å²) in [6.07, 6.45) is 4.01. The number of carbonyl (C=O) groups is 1. The Balaban J connectivity index is 1.52. The lowest BCUT2D eigenvalue weighted by Crippen LogP contribution is -2.14. The Morgan fingerprint density at radius 3 is 2.77 bits per heavy atom. The second-order valence-corrected chi connectivity index (χ2v) is 8.20. The molecule has 0 saturated carbocycles. The van der Waals surface area contributed by atoms with Gasteiger partial charge in [0.25, 0.3) is 5.91 Å². The van der Waals surface area contributed by atoms with E-state index in [0.29, 0.717) is 22.9 Å². The maximum Gasteiger partial charge on any atom is 0.255 e. The molecule has 1 atom stereocenters. The van der Waals surface area contributed by atoms with Gasteiger partial charge in [0.1, 0.15) is 18.0 Å². The van der Waals surface area contributed by atoms with E-state index in [1.165, 1.54) is 6.33 Å². The van der Waals surface area contributed by atoms with Gasteiger partial charge in [0, 0.05) is 43.2 Å². The fourth-order valence-electron chi connectivity index (χ4n) is 3.61. The first-order valence-electron chi connectivity index (χ1n) is 11.3. The van der Waals surface area contributed by atoms with Crippen LogP contribution in [-0.4, -0.2) is 45.9 Å². The Kier molecular flexibility index (Phi) is 7.37. The van der Waals surface area contributed by atoms with E-state index in [2.05, 4.69) is 31.0 Å². The smallest absolute Gasteiger partial charge is 0.255 e. The summed E-state index contributed by atoms with van der Waals surface area (Å²) in [5, 5.41) is 13.8. The number of rotatable bonds is 9. The number of amides is 1. The number of aryl methyl sites for hydroxylation is 1. The van der Waals surface area contributed by atoms with Crippen molar-refractivity contribution in [1.82, 2.24) is 19.7 Å². The van der Waals surface area contributed by atoms with Gasteiger partial charge in [-0.15, -0.1) is 0 Å². The molecule has 3 N–H and O–H groups in total. The Hall–Kier alpha value is -4.24. The first kappa shape index (κ1) is 23.9. The monoisotopic (exact) mass is 471 g/mol. The molecule has 0 aliphatic rings. The van der Waals surface area contributed by atoms with Gasteiger partial charge < -0.3 is 20.7 Å². The Morgan fingerprint density at radius 1 is 1.11 bits per heavy atom. The van der Waals surface area contributed by atoms with E-state index in [1.54, 1.807) is 25.0 Å². The molecule has 9 nitrogen and oxygen atoms in total. The van der Waals surface area contributed by atoms with Gasteiger partial charge in [0.15, 0.2) is 5.82 Å². The van der Waals surface area contributed by atoms with Crippen LogP contribution in [0.4, 0.5) is 23.0 Å². The molecule has 2 aromatic heterocycles. The highest BCUT2D eigenvalue weighted by atomic mass is 16.5. The summed E-state index contributed by atoms with van der Waals surface area (Å²) in [6.45, 7) is 4.00. The highest BCUT2D eigenvalue weighted by Crippen LogP contribution is 2.26. The average molecular weight is 472 g/mol. The second kappa shape index (κ2) is 10.8. The van der Waals surface area contributed by atoms with Gasteiger partial charge in [-0.2, -0.15) is 9.78 Å². The lowest BCUT2D eigenvalue weighted by Gasteiger charge is -2.14. The minimum atomic E-state index is -0.169. The van der Waals surface area contributed by atoms with Crippen LogP contribution in [0, 0.1) is 6.92 Å². The molecule has 0 saturated heterocycles. The number of hydrogen-bond donors (Lipinski definition) is 3. The van der Waals surface area contributed by atoms with Crippen molar-refractivity contribution < 1.29 is 9.53 Å². The Morgan fingerprint density at radius 2 is 1.97 bits per heavy atom. The number of benzene rings is 2. The van der Waals surface area contributed by atoms with Gasteiger partial charge in [0.2, 0.25) is 0 Å². The molecule has 180 valence electrons. The molecule has 1 unspecified atom stereocenters. The summed E-state index contributed by atoms with van der Waals surface area (Å²) < 4.78 is 7.04. The number of methoxy groups -OCH3 is 1. The summed E-state index contributed by atoms with van der Waals surface area (Å²) in [7, 11) is 3.48. The predicted molar refractivity (Wildman–Crippen MR) is 138 cm³/mol. The highest BCUT2D eigenvalue weighted by molar-refractivity contribution is 6.04. The van der Waals surface area contributed by atoms with Crippen LogP contribution in [0.3, 0.4) is 0 Å². The number of nitrogens with zero attached hydrogens (tertiary/aromatic N) is 4. The number of hydrogen-bond acceptors (Lipinski definition) is 7. The molecule has 4 rings (SSSR count). The molecule has 0 aliphatic carbocycles. The van der Waals surface area contributed by atoms with Crippen LogP contribution in [0.1, 0.15) is 28.4 Å². The van der Waals surface area contributed by atoms with Crippen LogP contribution < -0.4 is 16.0 Å². The van der Waals surface area contributed by atoms with Crippen molar-refractivity contribution in [2.45, 2.75) is 26.4 Å². The maximum atomic E-state index is 12.9. The van der Waals surface area contributed by atoms with Crippen LogP contribution in [0.25, 0.3) is 5.82 Å². The number of anilines is 4. The lowest BCUT2D eigenvalue weighted by molar-refractivity contribution is 0.102. The minimum absolute atomic E-state index is 0.0830. The van der Waals surface area contributed by atoms with E-state index in [1.807, 2.05) is 68.4 Å². The third-order valence-electron chi connectivity index (χ3n) is 5.64. The molecule has 0 bridgehead atoms. The van der Waals surface area contributed by atoms with Crippen molar-refractivity contribution in [3.8, 4) is 5.82 Å². The molecular weight excluding hydrogens is 442 g/mol. The fourth-order valence-corrected chi connectivity index (χ4v) is 3.61. The largest absolute Gasteiger partial charge is 0.381 e. The van der Waals surface area contributed by atoms with Crippen molar-refractivity contribution in [3.63, 3.8) is 0 Å². The van der Waals surface area contributed by atoms with Crippen molar-refractivity contribution in [2.75, 3.05) is 30.1 Å². The van der Waals surface area contributed by atoms with Gasteiger partial charge in [-0.3, -0.25) is 4.79 Å². The SMILES string of the molecule is CNc1cc(-n2nccc2Nc2cc(NC(=O)c3cccc(CC(C)OC)c3)ccc2C)ncn1. The predicted octanol–water partition coefficient (Wildman–Crippen LogP) is 4.59. The Bertz CT molecular complexity index is 1320. The topological polar surface area (TPSA) is 106 Å². The lowest BCUT2D eigenvalue weighted by atomic mass is 10.0. The van der Waals surface area contributed by atoms with E-state index in [4.69, 9.17) is 4.74 Å². The molecule has 0 spiro atoms. The van der Waals surface area contributed by atoms with E-state index in [9.17, 15) is 4.79 Å². The zero-order valence-electron chi connectivity index (χ0n) is 20.2. The molecule has 1 amide bonds. The summed E-state index contributed by atoms with van der Waals surface area (Å²) in [5.41, 5.74) is 4.20. The van der Waals surface area contributed by atoms with Crippen LogP contribution in [0.5, 0.6) is 0 Å². The van der Waals surface area contributed by atoms with Gasteiger partial charge in [-0.05, 0) is 55.7 Å². The number of ether oxygens (including phenoxy) is 1. The summed E-state index contributed by atoms with van der Waals surface area (Å²) in [6, 6.07) is 17.0. The third-order valence-corrected chi connectivity index (χ3v) is 5.64. The standard InChI is InChI=1S/C26H29N7O2/c1-17-8-9-21(31-26(34)20-7-5-6-19(13-20)12-18(2)35-4)14-22(17)32-24-10-11-30-33(24)25-15-23(27-3)28-16-29-25/h5-11,13-16,18,32H,12H2,1-4H3,(H,31,34)(H,27,28,29). The molecule has 2 heterocycles.